The summed E-state index contributed by atoms with van der Waals surface area (Å²) in [6.45, 7) is 0. The third kappa shape index (κ3) is 3.16. The summed E-state index contributed by atoms with van der Waals surface area (Å²) < 4.78 is 26.8. The van der Waals surface area contributed by atoms with Crippen LogP contribution >= 0.6 is 11.6 Å². The molecular weight excluding hydrogens is 308 g/mol. The van der Waals surface area contributed by atoms with E-state index in [1.54, 1.807) is 34.6 Å². The van der Waals surface area contributed by atoms with Gasteiger partial charge in [0.05, 0.1) is 0 Å². The van der Waals surface area contributed by atoms with Crippen LogP contribution < -0.4 is 5.73 Å². The largest absolute Gasteiger partial charge is 0.328 e. The van der Waals surface area contributed by atoms with E-state index < -0.39 is 10.0 Å². The summed E-state index contributed by atoms with van der Waals surface area (Å²) in [5.41, 5.74) is 6.81. The van der Waals surface area contributed by atoms with Gasteiger partial charge in [0.25, 0.3) is 0 Å². The van der Waals surface area contributed by atoms with Crippen LogP contribution in [-0.4, -0.2) is 30.8 Å². The van der Waals surface area contributed by atoms with Crippen LogP contribution in [-0.2, 0) is 10.0 Å². The smallest absolute Gasteiger partial charge is 0.236 e. The number of nitrogens with two attached hydrogens (primary N) is 1. The first-order valence-electron chi connectivity index (χ1n) is 7.18. The molecule has 0 saturated carbocycles. The van der Waals surface area contributed by atoms with Crippen LogP contribution in [0.3, 0.4) is 0 Å². The maximum atomic E-state index is 12.6. The van der Waals surface area contributed by atoms with Crippen LogP contribution in [0.4, 0.5) is 0 Å². The molecule has 2 heterocycles. The summed E-state index contributed by atoms with van der Waals surface area (Å²) in [4.78, 5) is 0. The van der Waals surface area contributed by atoms with Crippen molar-refractivity contribution in [2.75, 3.05) is 0 Å². The van der Waals surface area contributed by atoms with Gasteiger partial charge in [-0.1, -0.05) is 23.7 Å². The highest BCUT2D eigenvalue weighted by Crippen LogP contribution is 2.37. The first-order valence-corrected chi connectivity index (χ1v) is 9.06. The maximum Gasteiger partial charge on any atom is 0.236 e. The van der Waals surface area contributed by atoms with Crippen LogP contribution in [0.25, 0.3) is 6.08 Å². The van der Waals surface area contributed by atoms with Crippen LogP contribution in [0.2, 0.25) is 5.02 Å². The lowest BCUT2D eigenvalue weighted by atomic mass is 10.0. The summed E-state index contributed by atoms with van der Waals surface area (Å²) in [7, 11) is -3.39. The van der Waals surface area contributed by atoms with Crippen molar-refractivity contribution in [2.24, 2.45) is 5.73 Å². The second kappa shape index (κ2) is 5.72. The summed E-state index contributed by atoms with van der Waals surface area (Å²) in [5.74, 6) is 0. The lowest BCUT2D eigenvalue weighted by Gasteiger charge is -2.35. The normalized spacial score (nSPS) is 30.1. The van der Waals surface area contributed by atoms with Crippen molar-refractivity contribution < 1.29 is 8.42 Å². The molecule has 4 nitrogen and oxygen atoms in total. The predicted octanol–water partition coefficient (Wildman–Crippen LogP) is 2.59. The van der Waals surface area contributed by atoms with Crippen molar-refractivity contribution in [3.8, 4) is 0 Å². The Balaban J connectivity index is 1.80. The number of hydrogen-bond acceptors (Lipinski definition) is 3. The molecule has 2 N–H and O–H groups in total. The van der Waals surface area contributed by atoms with Crippen molar-refractivity contribution in [3.05, 3.63) is 40.3 Å². The van der Waals surface area contributed by atoms with Gasteiger partial charge >= 0.3 is 0 Å². The lowest BCUT2D eigenvalue weighted by molar-refractivity contribution is 0.229. The number of nitrogens with zero attached hydrogens (tertiary/aromatic N) is 1. The molecule has 0 radical (unpaired) electrons. The Morgan fingerprint density at radius 1 is 1.14 bits per heavy atom. The Bertz CT molecular complexity index is 628. The van der Waals surface area contributed by atoms with Gasteiger partial charge in [-0.2, -0.15) is 4.31 Å². The van der Waals surface area contributed by atoms with Gasteiger partial charge in [0, 0.05) is 28.6 Å². The molecule has 2 atom stereocenters. The third-order valence-electron chi connectivity index (χ3n) is 4.30. The quantitative estimate of drug-likeness (QED) is 0.928. The van der Waals surface area contributed by atoms with Gasteiger partial charge in [-0.25, -0.2) is 8.42 Å². The van der Waals surface area contributed by atoms with Gasteiger partial charge in [-0.05, 0) is 49.5 Å². The molecule has 21 heavy (non-hydrogen) atoms. The topological polar surface area (TPSA) is 63.4 Å². The predicted molar refractivity (Wildman–Crippen MR) is 85.3 cm³/mol. The number of hydrogen-bond donors (Lipinski definition) is 1. The van der Waals surface area contributed by atoms with E-state index in [1.807, 2.05) is 0 Å². The Labute approximate surface area is 130 Å². The molecule has 3 rings (SSSR count). The van der Waals surface area contributed by atoms with Crippen LogP contribution in [0.15, 0.2) is 29.7 Å². The Morgan fingerprint density at radius 2 is 1.71 bits per heavy atom. The zero-order valence-corrected chi connectivity index (χ0v) is 13.2. The van der Waals surface area contributed by atoms with Crippen LogP contribution in [0, 0.1) is 0 Å². The molecule has 6 heteroatoms. The molecular formula is C15H19ClN2O2S. The number of halogens is 1. The zero-order valence-electron chi connectivity index (χ0n) is 11.7. The van der Waals surface area contributed by atoms with Crippen LogP contribution in [0.1, 0.15) is 31.2 Å². The van der Waals surface area contributed by atoms with Gasteiger partial charge in [0.1, 0.15) is 0 Å². The minimum atomic E-state index is -3.39. The first-order chi connectivity index (χ1) is 9.95. The number of piperidine rings is 1. The van der Waals surface area contributed by atoms with Gasteiger partial charge in [-0.3, -0.25) is 0 Å². The molecule has 0 aromatic heterocycles. The van der Waals surface area contributed by atoms with Gasteiger partial charge < -0.3 is 5.73 Å². The number of fused-ring (bicyclic) bond motifs is 2. The van der Waals surface area contributed by atoms with E-state index in [0.29, 0.717) is 5.02 Å². The van der Waals surface area contributed by atoms with E-state index in [4.69, 9.17) is 17.3 Å². The molecule has 0 aliphatic carbocycles. The van der Waals surface area contributed by atoms with Crippen LogP contribution in [0.5, 0.6) is 0 Å². The lowest BCUT2D eigenvalue weighted by Crippen LogP contribution is -2.49. The highest BCUT2D eigenvalue weighted by molar-refractivity contribution is 7.92. The second-order valence-electron chi connectivity index (χ2n) is 5.85. The molecule has 114 valence electrons. The maximum absolute atomic E-state index is 12.6. The minimum absolute atomic E-state index is 0.0682. The first kappa shape index (κ1) is 15.0. The molecule has 0 amide bonds. The van der Waals surface area contributed by atoms with E-state index in [1.165, 1.54) is 5.41 Å². The highest BCUT2D eigenvalue weighted by Gasteiger charge is 2.44. The Morgan fingerprint density at radius 3 is 2.29 bits per heavy atom. The van der Waals surface area contributed by atoms with Crippen molar-refractivity contribution in [2.45, 2.75) is 43.8 Å². The van der Waals surface area contributed by atoms with Crippen molar-refractivity contribution in [3.63, 3.8) is 0 Å². The number of rotatable bonds is 3. The highest BCUT2D eigenvalue weighted by atomic mass is 35.5. The standard InChI is InChI=1S/C15H19ClN2O2S/c16-12-3-1-11(2-4-12)7-8-21(19,20)18-14-5-6-15(18)10-13(17)9-14/h1-4,7-8,13-15H,5-6,9-10,17H2. The molecule has 0 spiro atoms. The fourth-order valence-electron chi connectivity index (χ4n) is 3.40. The van der Waals surface area contributed by atoms with E-state index in [-0.39, 0.29) is 18.1 Å². The fraction of sp³-hybridized carbons (Fsp3) is 0.467. The molecule has 2 aliphatic heterocycles. The molecule has 2 bridgehead atoms. The summed E-state index contributed by atoms with van der Waals surface area (Å²) >= 11 is 5.82. The average molecular weight is 327 g/mol. The zero-order chi connectivity index (χ0) is 15.0. The Kier molecular flexibility index (Phi) is 4.10. The SMILES string of the molecule is NC1CC2CCC(C1)N2S(=O)(=O)C=Cc1ccc(Cl)cc1. The molecule has 2 unspecified atom stereocenters. The average Bonchev–Trinajstić information content (AvgIpc) is 2.72. The van der Waals surface area contributed by atoms with E-state index in [2.05, 4.69) is 0 Å². The molecule has 1 aromatic carbocycles. The summed E-state index contributed by atoms with van der Waals surface area (Å²) in [6.07, 6.45) is 5.01. The third-order valence-corrected chi connectivity index (χ3v) is 6.21. The number of benzene rings is 1. The number of sulfonamides is 1. The van der Waals surface area contributed by atoms with Crippen molar-refractivity contribution >= 4 is 27.7 Å². The van der Waals surface area contributed by atoms with Crippen molar-refractivity contribution in [1.29, 1.82) is 0 Å². The molecule has 2 fully saturated rings. The second-order valence-corrected chi connectivity index (χ2v) is 8.01. The Hall–Kier alpha value is -0.880. The van der Waals surface area contributed by atoms with E-state index in [9.17, 15) is 8.42 Å². The summed E-state index contributed by atoms with van der Waals surface area (Å²) in [5, 5.41) is 1.94. The van der Waals surface area contributed by atoms with Gasteiger partial charge in [0.15, 0.2) is 0 Å². The van der Waals surface area contributed by atoms with E-state index >= 15 is 0 Å². The van der Waals surface area contributed by atoms with Gasteiger partial charge in [0.2, 0.25) is 10.0 Å². The molecule has 2 saturated heterocycles. The van der Waals surface area contributed by atoms with Crippen molar-refractivity contribution in [1.82, 2.24) is 4.31 Å². The minimum Gasteiger partial charge on any atom is -0.328 e. The fourth-order valence-corrected chi connectivity index (χ4v) is 5.21. The molecule has 2 aliphatic rings. The van der Waals surface area contributed by atoms with E-state index in [0.717, 1.165) is 31.2 Å². The monoisotopic (exact) mass is 326 g/mol. The molecule has 1 aromatic rings. The summed E-state index contributed by atoms with van der Waals surface area (Å²) in [6, 6.07) is 7.37. The van der Waals surface area contributed by atoms with Gasteiger partial charge in [-0.15, -0.1) is 0 Å².